The van der Waals surface area contributed by atoms with Crippen LogP contribution < -0.4 is 0 Å². The molecule has 1 fully saturated rings. The number of aromatic nitrogens is 2. The van der Waals surface area contributed by atoms with Gasteiger partial charge in [0.2, 0.25) is 0 Å². The Morgan fingerprint density at radius 1 is 1.19 bits per heavy atom. The number of furan rings is 1. The molecule has 0 amide bonds. The molecule has 134 valence electrons. The molecule has 3 heterocycles. The van der Waals surface area contributed by atoms with Crippen molar-refractivity contribution >= 4 is 11.0 Å². The molecule has 0 radical (unpaired) electrons. The van der Waals surface area contributed by atoms with Gasteiger partial charge in [-0.05, 0) is 56.6 Å². The Labute approximate surface area is 153 Å². The summed E-state index contributed by atoms with van der Waals surface area (Å²) in [5.74, 6) is 2.07. The molecule has 1 saturated heterocycles. The molecule has 1 aromatic carbocycles. The number of rotatable bonds is 6. The minimum Gasteiger partial charge on any atom is -0.467 e. The molecule has 3 aromatic rings. The summed E-state index contributed by atoms with van der Waals surface area (Å²) in [5.41, 5.74) is 2.19. The molecule has 4 rings (SSSR count). The van der Waals surface area contributed by atoms with Gasteiger partial charge in [-0.3, -0.25) is 4.90 Å². The number of piperidine rings is 1. The highest BCUT2D eigenvalue weighted by Gasteiger charge is 2.28. The van der Waals surface area contributed by atoms with Crippen LogP contribution in [0.1, 0.15) is 49.7 Å². The van der Waals surface area contributed by atoms with Crippen molar-refractivity contribution in [1.82, 2.24) is 14.5 Å². The van der Waals surface area contributed by atoms with Crippen LogP contribution in [-0.4, -0.2) is 27.5 Å². The van der Waals surface area contributed by atoms with Crippen LogP contribution in [0, 0.1) is 11.3 Å². The van der Waals surface area contributed by atoms with Crippen LogP contribution in [-0.2, 0) is 6.54 Å². The van der Waals surface area contributed by atoms with Crippen molar-refractivity contribution < 1.29 is 4.42 Å². The van der Waals surface area contributed by atoms with Gasteiger partial charge < -0.3 is 8.98 Å². The van der Waals surface area contributed by atoms with Crippen LogP contribution in [0.4, 0.5) is 0 Å². The molecule has 26 heavy (non-hydrogen) atoms. The van der Waals surface area contributed by atoms with Crippen LogP contribution in [0.15, 0.2) is 47.1 Å². The van der Waals surface area contributed by atoms with Crippen LogP contribution in [0.2, 0.25) is 0 Å². The van der Waals surface area contributed by atoms with Crippen molar-refractivity contribution in [2.24, 2.45) is 0 Å². The molecule has 5 heteroatoms. The Balaban J connectivity index is 1.70. The predicted octanol–water partition coefficient (Wildman–Crippen LogP) is 4.51. The molecule has 0 N–H and O–H groups in total. The average Bonchev–Trinajstić information content (AvgIpc) is 3.31. The van der Waals surface area contributed by atoms with Crippen molar-refractivity contribution in [2.45, 2.75) is 44.7 Å². The molecule has 1 unspecified atom stereocenters. The van der Waals surface area contributed by atoms with E-state index in [0.717, 1.165) is 48.5 Å². The molecular weight excluding hydrogens is 324 g/mol. The van der Waals surface area contributed by atoms with E-state index in [9.17, 15) is 0 Å². The van der Waals surface area contributed by atoms with E-state index in [2.05, 4.69) is 33.7 Å². The summed E-state index contributed by atoms with van der Waals surface area (Å²) in [5, 5.41) is 8.87. The number of benzene rings is 1. The quantitative estimate of drug-likeness (QED) is 0.615. The molecule has 0 aliphatic carbocycles. The molecule has 1 aliphatic rings. The fourth-order valence-electron chi connectivity index (χ4n) is 3.99. The first-order valence-electron chi connectivity index (χ1n) is 9.45. The first kappa shape index (κ1) is 16.9. The van der Waals surface area contributed by atoms with E-state index in [1.807, 2.05) is 18.2 Å². The second-order valence-corrected chi connectivity index (χ2v) is 6.93. The highest BCUT2D eigenvalue weighted by molar-refractivity contribution is 5.76. The van der Waals surface area contributed by atoms with E-state index in [0.29, 0.717) is 19.0 Å². The van der Waals surface area contributed by atoms with Crippen molar-refractivity contribution in [3.05, 3.63) is 54.2 Å². The molecule has 0 spiro atoms. The SMILES string of the molecule is N#CCCCN1CCCCC1c1nc2ccccc2n1Cc1ccco1. The van der Waals surface area contributed by atoms with Gasteiger partial charge in [0, 0.05) is 6.42 Å². The number of hydrogen-bond donors (Lipinski definition) is 0. The minimum atomic E-state index is 0.310. The summed E-state index contributed by atoms with van der Waals surface area (Å²) < 4.78 is 7.91. The molecule has 1 atom stereocenters. The standard InChI is InChI=1S/C21H24N4O/c22-12-4-6-14-24-13-5-3-11-20(24)21-23-18-9-1-2-10-19(18)25(21)16-17-8-7-15-26-17/h1-2,7-10,15,20H,3-6,11,13-14,16H2. The summed E-state index contributed by atoms with van der Waals surface area (Å²) in [6, 6.07) is 14.9. The lowest BCUT2D eigenvalue weighted by atomic mass is 10.0. The van der Waals surface area contributed by atoms with Crippen LogP contribution in [0.25, 0.3) is 11.0 Å². The highest BCUT2D eigenvalue weighted by atomic mass is 16.3. The number of nitriles is 1. The van der Waals surface area contributed by atoms with Crippen LogP contribution >= 0.6 is 0 Å². The second-order valence-electron chi connectivity index (χ2n) is 6.93. The zero-order valence-corrected chi connectivity index (χ0v) is 15.0. The lowest BCUT2D eigenvalue weighted by Crippen LogP contribution is -2.35. The third kappa shape index (κ3) is 3.38. The molecule has 0 saturated carbocycles. The van der Waals surface area contributed by atoms with E-state index in [-0.39, 0.29) is 0 Å². The number of para-hydroxylation sites is 2. The van der Waals surface area contributed by atoms with Gasteiger partial charge in [-0.2, -0.15) is 5.26 Å². The fraction of sp³-hybridized carbons (Fsp3) is 0.429. The monoisotopic (exact) mass is 348 g/mol. The summed E-state index contributed by atoms with van der Waals surface area (Å²) in [4.78, 5) is 7.52. The molecular formula is C21H24N4O. The molecule has 2 aromatic heterocycles. The summed E-state index contributed by atoms with van der Waals surface area (Å²) in [6.45, 7) is 2.74. The van der Waals surface area contributed by atoms with Crippen molar-refractivity contribution in [3.63, 3.8) is 0 Å². The number of likely N-dealkylation sites (tertiary alicyclic amines) is 1. The van der Waals surface area contributed by atoms with Gasteiger partial charge in [0.15, 0.2) is 0 Å². The van der Waals surface area contributed by atoms with E-state index >= 15 is 0 Å². The minimum absolute atomic E-state index is 0.310. The van der Waals surface area contributed by atoms with Gasteiger partial charge in [-0.25, -0.2) is 4.98 Å². The highest BCUT2D eigenvalue weighted by Crippen LogP contribution is 2.33. The fourth-order valence-corrected chi connectivity index (χ4v) is 3.99. The molecule has 1 aliphatic heterocycles. The number of unbranched alkanes of at least 4 members (excludes halogenated alkanes) is 1. The average molecular weight is 348 g/mol. The first-order valence-corrected chi connectivity index (χ1v) is 9.45. The molecule has 5 nitrogen and oxygen atoms in total. The van der Waals surface area contributed by atoms with E-state index in [1.165, 1.54) is 12.8 Å². The van der Waals surface area contributed by atoms with Gasteiger partial charge >= 0.3 is 0 Å². The van der Waals surface area contributed by atoms with Gasteiger partial charge in [-0.1, -0.05) is 18.6 Å². The predicted molar refractivity (Wildman–Crippen MR) is 101 cm³/mol. The Morgan fingerprint density at radius 2 is 2.12 bits per heavy atom. The van der Waals surface area contributed by atoms with E-state index in [1.54, 1.807) is 6.26 Å². The number of imidazole rings is 1. The zero-order valence-electron chi connectivity index (χ0n) is 15.0. The van der Waals surface area contributed by atoms with E-state index in [4.69, 9.17) is 14.7 Å². The number of hydrogen-bond acceptors (Lipinski definition) is 4. The lowest BCUT2D eigenvalue weighted by Gasteiger charge is -2.35. The summed E-state index contributed by atoms with van der Waals surface area (Å²) in [6.07, 6.45) is 6.83. The van der Waals surface area contributed by atoms with E-state index < -0.39 is 0 Å². The largest absolute Gasteiger partial charge is 0.467 e. The third-order valence-corrected chi connectivity index (χ3v) is 5.22. The van der Waals surface area contributed by atoms with Crippen molar-refractivity contribution in [1.29, 1.82) is 5.26 Å². The maximum absolute atomic E-state index is 8.87. The Morgan fingerprint density at radius 3 is 2.96 bits per heavy atom. The first-order chi connectivity index (χ1) is 12.9. The van der Waals surface area contributed by atoms with Crippen LogP contribution in [0.5, 0.6) is 0 Å². The maximum Gasteiger partial charge on any atom is 0.127 e. The maximum atomic E-state index is 8.87. The Kier molecular flexibility index (Phi) is 5.03. The summed E-state index contributed by atoms with van der Waals surface area (Å²) in [7, 11) is 0. The van der Waals surface area contributed by atoms with Crippen molar-refractivity contribution in [3.8, 4) is 6.07 Å². The Hall–Kier alpha value is -2.58. The number of fused-ring (bicyclic) bond motifs is 1. The normalized spacial score (nSPS) is 18.2. The van der Waals surface area contributed by atoms with Crippen LogP contribution in [0.3, 0.4) is 0 Å². The number of nitrogens with zero attached hydrogens (tertiary/aromatic N) is 4. The van der Waals surface area contributed by atoms with Gasteiger partial charge in [0.25, 0.3) is 0 Å². The zero-order chi connectivity index (χ0) is 17.8. The van der Waals surface area contributed by atoms with Crippen molar-refractivity contribution in [2.75, 3.05) is 13.1 Å². The topological polar surface area (TPSA) is 58.0 Å². The van der Waals surface area contributed by atoms with Gasteiger partial charge in [0.1, 0.15) is 11.6 Å². The smallest absolute Gasteiger partial charge is 0.127 e. The van der Waals surface area contributed by atoms with Gasteiger partial charge in [-0.15, -0.1) is 0 Å². The second kappa shape index (κ2) is 7.76. The summed E-state index contributed by atoms with van der Waals surface area (Å²) >= 11 is 0. The Bertz CT molecular complexity index is 891. The lowest BCUT2D eigenvalue weighted by molar-refractivity contribution is 0.138. The third-order valence-electron chi connectivity index (χ3n) is 5.22. The van der Waals surface area contributed by atoms with Gasteiger partial charge in [0.05, 0.1) is 36.0 Å². The molecule has 0 bridgehead atoms.